The molecule has 9 nitrogen and oxygen atoms in total. The van der Waals surface area contributed by atoms with Crippen LogP contribution in [-0.4, -0.2) is 52.3 Å². The fourth-order valence-electron chi connectivity index (χ4n) is 5.06. The number of amides is 1. The van der Waals surface area contributed by atoms with Crippen molar-refractivity contribution >= 4 is 28.9 Å². The monoisotopic (exact) mass is 501 g/mol. The fraction of sp³-hybridized carbons (Fsp3) is 0.393. The van der Waals surface area contributed by atoms with Crippen LogP contribution < -0.4 is 27.0 Å². The number of hydrogen-bond donors (Lipinski definition) is 5. The number of hydrogen-bond acceptors (Lipinski definition) is 8. The second-order valence-electron chi connectivity index (χ2n) is 9.99. The molecule has 0 bridgehead atoms. The van der Waals surface area contributed by atoms with Gasteiger partial charge in [-0.1, -0.05) is 30.3 Å². The maximum Gasteiger partial charge on any atom is 0.271 e. The Hall–Kier alpha value is -3.69. The van der Waals surface area contributed by atoms with Gasteiger partial charge in [0.15, 0.2) is 17.3 Å². The van der Waals surface area contributed by atoms with Crippen LogP contribution in [0.5, 0.6) is 0 Å². The molecule has 0 spiro atoms. The number of carbonyl (C=O) groups excluding carboxylic acids is 1. The zero-order valence-corrected chi connectivity index (χ0v) is 20.9. The third kappa shape index (κ3) is 6.00. The van der Waals surface area contributed by atoms with E-state index in [1.807, 2.05) is 42.5 Å². The molecular weight excluding hydrogens is 466 g/mol. The van der Waals surface area contributed by atoms with E-state index in [-0.39, 0.29) is 23.9 Å². The summed E-state index contributed by atoms with van der Waals surface area (Å²) in [6.45, 7) is 1.89. The van der Waals surface area contributed by atoms with Crippen molar-refractivity contribution in [3.63, 3.8) is 0 Å². The lowest BCUT2D eigenvalue weighted by Crippen LogP contribution is -2.39. The Morgan fingerprint density at radius 3 is 2.22 bits per heavy atom. The number of benzene rings is 2. The quantitative estimate of drug-likeness (QED) is 0.330. The van der Waals surface area contributed by atoms with Gasteiger partial charge in [0, 0.05) is 42.1 Å². The van der Waals surface area contributed by atoms with E-state index >= 15 is 0 Å². The molecule has 9 heteroatoms. The fourth-order valence-corrected chi connectivity index (χ4v) is 5.06. The summed E-state index contributed by atoms with van der Waals surface area (Å²) in [6, 6.07) is 18.1. The molecule has 1 saturated heterocycles. The topological polar surface area (TPSA) is 142 Å². The number of aliphatic hydroxyl groups is 1. The van der Waals surface area contributed by atoms with E-state index in [4.69, 9.17) is 16.5 Å². The molecule has 2 fully saturated rings. The van der Waals surface area contributed by atoms with Crippen LogP contribution in [0.1, 0.15) is 49.0 Å². The zero-order chi connectivity index (χ0) is 25.8. The Labute approximate surface area is 217 Å². The molecule has 2 aromatic carbocycles. The van der Waals surface area contributed by atoms with Gasteiger partial charge >= 0.3 is 0 Å². The Morgan fingerprint density at radius 1 is 0.892 bits per heavy atom. The Balaban J connectivity index is 1.44. The number of nitrogens with zero attached hydrogens (tertiary/aromatic N) is 3. The highest BCUT2D eigenvalue weighted by Crippen LogP contribution is 2.32. The molecule has 37 heavy (non-hydrogen) atoms. The number of nitrogens with one attached hydrogen (secondary N) is 2. The maximum atomic E-state index is 12.4. The minimum Gasteiger partial charge on any atom is -0.393 e. The number of anilines is 4. The number of rotatable bonds is 7. The average Bonchev–Trinajstić information content (AvgIpc) is 2.91. The van der Waals surface area contributed by atoms with Gasteiger partial charge in [-0.15, -0.1) is 0 Å². The predicted molar refractivity (Wildman–Crippen MR) is 147 cm³/mol. The highest BCUT2D eigenvalue weighted by Gasteiger charge is 2.24. The highest BCUT2D eigenvalue weighted by molar-refractivity contribution is 5.97. The van der Waals surface area contributed by atoms with E-state index < -0.39 is 5.91 Å². The first-order chi connectivity index (χ1) is 18.0. The van der Waals surface area contributed by atoms with Gasteiger partial charge in [-0.05, 0) is 62.8 Å². The van der Waals surface area contributed by atoms with Crippen LogP contribution in [0.15, 0.2) is 54.6 Å². The van der Waals surface area contributed by atoms with Crippen molar-refractivity contribution in [2.24, 2.45) is 11.5 Å². The second-order valence-corrected chi connectivity index (χ2v) is 9.99. The van der Waals surface area contributed by atoms with Crippen molar-refractivity contribution in [1.82, 2.24) is 9.97 Å². The highest BCUT2D eigenvalue weighted by atomic mass is 16.3. The van der Waals surface area contributed by atoms with Gasteiger partial charge in [0.05, 0.1) is 6.10 Å². The lowest BCUT2D eigenvalue weighted by atomic mass is 9.93. The first-order valence-corrected chi connectivity index (χ1v) is 13.1. The minimum atomic E-state index is -0.652. The first kappa shape index (κ1) is 25.0. The van der Waals surface area contributed by atoms with Gasteiger partial charge in [0.2, 0.25) is 0 Å². The SMILES string of the molecule is NC(=O)c1nc(-c2ccccc2)c(NC2CCC(O)CC2)nc1Nc1ccc(N2CCC(N)CC2)cc1. The van der Waals surface area contributed by atoms with Crippen molar-refractivity contribution in [2.75, 3.05) is 28.6 Å². The summed E-state index contributed by atoms with van der Waals surface area (Å²) in [4.78, 5) is 24.3. The summed E-state index contributed by atoms with van der Waals surface area (Å²) in [5, 5.41) is 16.7. The summed E-state index contributed by atoms with van der Waals surface area (Å²) in [6.07, 6.45) is 4.87. The standard InChI is InChI=1S/C28H35N7O2/c29-19-14-16-35(17-15-19)22-10-6-20(7-11-22)32-28-25(26(30)37)33-24(18-4-2-1-3-5-18)27(34-28)31-21-8-12-23(36)13-9-21/h1-7,10-11,19,21,23,36H,8-9,12-17,29H2,(H2,30,37)(H2,31,32,34). The molecule has 3 aromatic rings. The zero-order valence-electron chi connectivity index (χ0n) is 20.9. The molecule has 1 aliphatic heterocycles. The van der Waals surface area contributed by atoms with E-state index in [9.17, 15) is 9.90 Å². The minimum absolute atomic E-state index is 0.0811. The van der Waals surface area contributed by atoms with Gasteiger partial charge in [-0.2, -0.15) is 0 Å². The van der Waals surface area contributed by atoms with Crippen LogP contribution in [0, 0.1) is 0 Å². The van der Waals surface area contributed by atoms with Crippen LogP contribution in [0.4, 0.5) is 23.0 Å². The summed E-state index contributed by atoms with van der Waals surface area (Å²) in [5.74, 6) is 0.240. The molecule has 194 valence electrons. The Bertz CT molecular complexity index is 1200. The maximum absolute atomic E-state index is 12.4. The van der Waals surface area contributed by atoms with E-state index in [0.717, 1.165) is 68.6 Å². The second kappa shape index (κ2) is 11.1. The van der Waals surface area contributed by atoms with Gasteiger partial charge < -0.3 is 32.1 Å². The van der Waals surface area contributed by atoms with E-state index in [2.05, 4.69) is 32.7 Å². The van der Waals surface area contributed by atoms with E-state index in [1.165, 1.54) is 0 Å². The third-order valence-corrected chi connectivity index (χ3v) is 7.25. The van der Waals surface area contributed by atoms with Gasteiger partial charge in [0.25, 0.3) is 5.91 Å². The molecule has 0 atom stereocenters. The molecule has 1 saturated carbocycles. The summed E-state index contributed by atoms with van der Waals surface area (Å²) in [5.41, 5.74) is 15.2. The van der Waals surface area contributed by atoms with Crippen LogP contribution in [-0.2, 0) is 0 Å². The number of aliphatic hydroxyl groups excluding tert-OH is 1. The molecular formula is C28H35N7O2. The summed E-state index contributed by atoms with van der Waals surface area (Å²) >= 11 is 0. The lowest BCUT2D eigenvalue weighted by Gasteiger charge is -2.32. The number of carbonyl (C=O) groups is 1. The molecule has 1 aliphatic carbocycles. The number of aromatic nitrogens is 2. The van der Waals surface area contributed by atoms with E-state index in [1.54, 1.807) is 0 Å². The largest absolute Gasteiger partial charge is 0.393 e. The van der Waals surface area contributed by atoms with Crippen molar-refractivity contribution in [3.05, 3.63) is 60.3 Å². The molecule has 2 heterocycles. The van der Waals surface area contributed by atoms with Crippen LogP contribution in [0.2, 0.25) is 0 Å². The Morgan fingerprint density at radius 2 is 1.57 bits per heavy atom. The normalized spacial score (nSPS) is 20.4. The molecule has 1 aromatic heterocycles. The molecule has 1 amide bonds. The van der Waals surface area contributed by atoms with Gasteiger partial charge in [-0.3, -0.25) is 4.79 Å². The van der Waals surface area contributed by atoms with Crippen LogP contribution >= 0.6 is 0 Å². The smallest absolute Gasteiger partial charge is 0.271 e. The van der Waals surface area contributed by atoms with E-state index in [0.29, 0.717) is 17.3 Å². The number of nitrogens with two attached hydrogens (primary N) is 2. The Kier molecular flexibility index (Phi) is 7.52. The number of primary amides is 1. The summed E-state index contributed by atoms with van der Waals surface area (Å²) < 4.78 is 0. The number of piperidine rings is 1. The third-order valence-electron chi connectivity index (χ3n) is 7.25. The van der Waals surface area contributed by atoms with Crippen molar-refractivity contribution < 1.29 is 9.90 Å². The van der Waals surface area contributed by atoms with Crippen molar-refractivity contribution in [2.45, 2.75) is 56.7 Å². The van der Waals surface area contributed by atoms with Crippen molar-refractivity contribution in [1.29, 1.82) is 0 Å². The summed E-state index contributed by atoms with van der Waals surface area (Å²) in [7, 11) is 0. The van der Waals surface area contributed by atoms with Crippen molar-refractivity contribution in [3.8, 4) is 11.3 Å². The molecule has 0 unspecified atom stereocenters. The van der Waals surface area contributed by atoms with Gasteiger partial charge in [-0.25, -0.2) is 9.97 Å². The predicted octanol–water partition coefficient (Wildman–Crippen LogP) is 3.63. The van der Waals surface area contributed by atoms with Crippen LogP contribution in [0.25, 0.3) is 11.3 Å². The van der Waals surface area contributed by atoms with Crippen LogP contribution in [0.3, 0.4) is 0 Å². The molecule has 7 N–H and O–H groups in total. The molecule has 2 aliphatic rings. The van der Waals surface area contributed by atoms with Gasteiger partial charge in [0.1, 0.15) is 5.69 Å². The molecule has 0 radical (unpaired) electrons. The lowest BCUT2D eigenvalue weighted by molar-refractivity contribution is 0.0996. The first-order valence-electron chi connectivity index (χ1n) is 13.1. The average molecular weight is 502 g/mol. The molecule has 5 rings (SSSR count).